The first-order valence-corrected chi connectivity index (χ1v) is 7.88. The summed E-state index contributed by atoms with van der Waals surface area (Å²) >= 11 is 15.2. The quantitative estimate of drug-likeness (QED) is 0.649. The van der Waals surface area contributed by atoms with Crippen molar-refractivity contribution < 1.29 is 9.13 Å². The maximum Gasteiger partial charge on any atom is 0.145 e. The Bertz CT molecular complexity index is 652. The number of ether oxygens (including phenoxy) is 1. The fourth-order valence-electron chi connectivity index (χ4n) is 1.76. The highest BCUT2D eigenvalue weighted by molar-refractivity contribution is 9.10. The highest BCUT2D eigenvalue weighted by atomic mass is 79.9. The molecule has 0 saturated carbocycles. The van der Waals surface area contributed by atoms with Crippen molar-refractivity contribution in [2.75, 3.05) is 6.54 Å². The Morgan fingerprint density at radius 1 is 1.19 bits per heavy atom. The SMILES string of the molecule is CCNCc1c(Cl)cccc1Oc1cc(F)c(Cl)cc1Br. The van der Waals surface area contributed by atoms with Crippen molar-refractivity contribution >= 4 is 39.1 Å². The van der Waals surface area contributed by atoms with E-state index in [0.29, 0.717) is 27.5 Å². The molecule has 2 nitrogen and oxygen atoms in total. The van der Waals surface area contributed by atoms with Gasteiger partial charge in [-0.2, -0.15) is 0 Å². The molecule has 2 aromatic carbocycles. The van der Waals surface area contributed by atoms with Gasteiger partial charge in [0.15, 0.2) is 0 Å². The maximum absolute atomic E-state index is 13.6. The van der Waals surface area contributed by atoms with Crippen LogP contribution in [0, 0.1) is 5.82 Å². The molecule has 112 valence electrons. The van der Waals surface area contributed by atoms with Gasteiger partial charge in [0, 0.05) is 23.2 Å². The minimum Gasteiger partial charge on any atom is -0.456 e. The Labute approximate surface area is 141 Å². The number of hydrogen-bond donors (Lipinski definition) is 1. The van der Waals surface area contributed by atoms with Crippen LogP contribution >= 0.6 is 39.1 Å². The van der Waals surface area contributed by atoms with Crippen LogP contribution < -0.4 is 10.1 Å². The molecule has 21 heavy (non-hydrogen) atoms. The van der Waals surface area contributed by atoms with Crippen LogP contribution in [0.4, 0.5) is 4.39 Å². The molecule has 0 aliphatic rings. The van der Waals surface area contributed by atoms with E-state index >= 15 is 0 Å². The summed E-state index contributed by atoms with van der Waals surface area (Å²) in [4.78, 5) is 0. The van der Waals surface area contributed by atoms with Crippen molar-refractivity contribution in [1.29, 1.82) is 0 Å². The van der Waals surface area contributed by atoms with E-state index in [4.69, 9.17) is 27.9 Å². The van der Waals surface area contributed by atoms with Crippen molar-refractivity contribution in [3.8, 4) is 11.5 Å². The van der Waals surface area contributed by atoms with Gasteiger partial charge in [-0.25, -0.2) is 4.39 Å². The number of hydrogen-bond acceptors (Lipinski definition) is 2. The Morgan fingerprint density at radius 3 is 2.67 bits per heavy atom. The largest absolute Gasteiger partial charge is 0.456 e. The molecule has 6 heteroatoms. The highest BCUT2D eigenvalue weighted by Gasteiger charge is 2.13. The first kappa shape index (κ1) is 16.6. The third kappa shape index (κ3) is 4.10. The molecule has 0 heterocycles. The van der Waals surface area contributed by atoms with Gasteiger partial charge in [-0.15, -0.1) is 0 Å². The second-order valence-electron chi connectivity index (χ2n) is 4.30. The second kappa shape index (κ2) is 7.45. The van der Waals surface area contributed by atoms with Crippen LogP contribution in [-0.2, 0) is 6.54 Å². The molecule has 0 aromatic heterocycles. The standard InChI is InChI=1S/C15H13BrCl2FNO/c1-2-20-8-9-11(17)4-3-5-14(9)21-15-7-13(19)12(18)6-10(15)16/h3-7,20H,2,8H2,1H3. The van der Waals surface area contributed by atoms with Crippen molar-refractivity contribution in [1.82, 2.24) is 5.32 Å². The monoisotopic (exact) mass is 391 g/mol. The Hall–Kier alpha value is -0.810. The van der Waals surface area contributed by atoms with E-state index in [2.05, 4.69) is 21.2 Å². The number of nitrogens with one attached hydrogen (secondary N) is 1. The summed E-state index contributed by atoms with van der Waals surface area (Å²) in [6, 6.07) is 8.06. The lowest BCUT2D eigenvalue weighted by atomic mass is 10.2. The first-order chi connectivity index (χ1) is 10.0. The average Bonchev–Trinajstić information content (AvgIpc) is 2.44. The number of halogens is 4. The van der Waals surface area contributed by atoms with Gasteiger partial charge in [-0.05, 0) is 40.7 Å². The lowest BCUT2D eigenvalue weighted by molar-refractivity contribution is 0.465. The smallest absolute Gasteiger partial charge is 0.145 e. The molecular formula is C15H13BrCl2FNO. The zero-order chi connectivity index (χ0) is 15.4. The Morgan fingerprint density at radius 2 is 1.95 bits per heavy atom. The van der Waals surface area contributed by atoms with Gasteiger partial charge in [0.05, 0.1) is 9.50 Å². The molecule has 1 N–H and O–H groups in total. The summed E-state index contributed by atoms with van der Waals surface area (Å²) in [6.07, 6.45) is 0. The van der Waals surface area contributed by atoms with Gasteiger partial charge in [0.25, 0.3) is 0 Å². The molecule has 0 aliphatic carbocycles. The molecule has 0 fully saturated rings. The highest BCUT2D eigenvalue weighted by Crippen LogP contribution is 2.36. The van der Waals surface area contributed by atoms with E-state index in [-0.39, 0.29) is 5.02 Å². The molecule has 2 aromatic rings. The molecule has 0 aliphatic heterocycles. The van der Waals surface area contributed by atoms with Crippen LogP contribution in [0.2, 0.25) is 10.0 Å². The molecule has 0 unspecified atom stereocenters. The molecule has 0 bridgehead atoms. The lowest BCUT2D eigenvalue weighted by Gasteiger charge is -2.14. The Balaban J connectivity index is 2.35. The summed E-state index contributed by atoms with van der Waals surface area (Å²) in [5.74, 6) is 0.382. The average molecular weight is 393 g/mol. The minimum absolute atomic E-state index is 0.0354. The Kier molecular flexibility index (Phi) is 5.88. The van der Waals surface area contributed by atoms with Crippen LogP contribution in [-0.4, -0.2) is 6.54 Å². The summed E-state index contributed by atoms with van der Waals surface area (Å²) in [5, 5.41) is 3.83. The van der Waals surface area contributed by atoms with E-state index in [1.165, 1.54) is 12.1 Å². The predicted octanol–water partition coefficient (Wildman–Crippen LogP) is 5.80. The van der Waals surface area contributed by atoms with Gasteiger partial charge < -0.3 is 10.1 Å². The molecule has 0 radical (unpaired) electrons. The molecule has 0 atom stereocenters. The van der Waals surface area contributed by atoms with Crippen molar-refractivity contribution in [2.45, 2.75) is 13.5 Å². The van der Waals surface area contributed by atoms with Crippen LogP contribution in [0.3, 0.4) is 0 Å². The predicted molar refractivity (Wildman–Crippen MR) is 88.0 cm³/mol. The molecular weight excluding hydrogens is 380 g/mol. The second-order valence-corrected chi connectivity index (χ2v) is 5.96. The van der Waals surface area contributed by atoms with Gasteiger partial charge in [0.2, 0.25) is 0 Å². The van der Waals surface area contributed by atoms with E-state index in [0.717, 1.165) is 12.1 Å². The van der Waals surface area contributed by atoms with Gasteiger partial charge in [0.1, 0.15) is 17.3 Å². The lowest BCUT2D eigenvalue weighted by Crippen LogP contribution is -2.12. The van der Waals surface area contributed by atoms with Gasteiger partial charge in [-0.1, -0.05) is 36.2 Å². The summed E-state index contributed by atoms with van der Waals surface area (Å²) < 4.78 is 19.9. The van der Waals surface area contributed by atoms with Crippen molar-refractivity contribution in [2.24, 2.45) is 0 Å². The summed E-state index contributed by atoms with van der Waals surface area (Å²) in [7, 11) is 0. The third-order valence-electron chi connectivity index (χ3n) is 2.82. The van der Waals surface area contributed by atoms with Crippen molar-refractivity contribution in [3.05, 3.63) is 56.2 Å². The van der Waals surface area contributed by atoms with E-state index in [1.807, 2.05) is 6.92 Å². The van der Waals surface area contributed by atoms with Gasteiger partial charge in [-0.3, -0.25) is 0 Å². The minimum atomic E-state index is -0.537. The number of benzene rings is 2. The zero-order valence-corrected chi connectivity index (χ0v) is 14.3. The van der Waals surface area contributed by atoms with E-state index in [1.54, 1.807) is 18.2 Å². The van der Waals surface area contributed by atoms with Crippen LogP contribution in [0.25, 0.3) is 0 Å². The van der Waals surface area contributed by atoms with Crippen LogP contribution in [0.1, 0.15) is 12.5 Å². The molecule has 0 spiro atoms. The molecule has 0 saturated heterocycles. The van der Waals surface area contributed by atoms with Gasteiger partial charge >= 0.3 is 0 Å². The number of rotatable bonds is 5. The zero-order valence-electron chi connectivity index (χ0n) is 11.2. The topological polar surface area (TPSA) is 21.3 Å². The maximum atomic E-state index is 13.6. The molecule has 2 rings (SSSR count). The summed E-state index contributed by atoms with van der Waals surface area (Å²) in [6.45, 7) is 3.38. The summed E-state index contributed by atoms with van der Waals surface area (Å²) in [5.41, 5.74) is 0.822. The molecule has 0 amide bonds. The van der Waals surface area contributed by atoms with E-state index < -0.39 is 5.82 Å². The fraction of sp³-hybridized carbons (Fsp3) is 0.200. The first-order valence-electron chi connectivity index (χ1n) is 6.33. The fourth-order valence-corrected chi connectivity index (χ4v) is 2.71. The normalized spacial score (nSPS) is 10.7. The van der Waals surface area contributed by atoms with E-state index in [9.17, 15) is 4.39 Å². The van der Waals surface area contributed by atoms with Crippen molar-refractivity contribution in [3.63, 3.8) is 0 Å². The van der Waals surface area contributed by atoms with Crippen LogP contribution in [0.15, 0.2) is 34.8 Å². The van der Waals surface area contributed by atoms with Crippen LogP contribution in [0.5, 0.6) is 11.5 Å². The third-order valence-corrected chi connectivity index (χ3v) is 4.09.